The molecule has 5 rings (SSSR count). The molecule has 1 atom stereocenters. The average molecular weight is 397 g/mol. The number of para-hydroxylation sites is 1. The van der Waals surface area contributed by atoms with Crippen molar-refractivity contribution in [3.63, 3.8) is 0 Å². The van der Waals surface area contributed by atoms with Gasteiger partial charge >= 0.3 is 0 Å². The molecule has 0 radical (unpaired) electrons. The summed E-state index contributed by atoms with van der Waals surface area (Å²) in [4.78, 5) is 14.8. The zero-order chi connectivity index (χ0) is 20.0. The van der Waals surface area contributed by atoms with Gasteiger partial charge in [0.25, 0.3) is 12.3 Å². The second kappa shape index (κ2) is 6.84. The van der Waals surface area contributed by atoms with E-state index in [-0.39, 0.29) is 5.91 Å². The number of halogens is 2. The molecule has 148 valence electrons. The number of amides is 1. The van der Waals surface area contributed by atoms with E-state index in [1.165, 1.54) is 0 Å². The van der Waals surface area contributed by atoms with Gasteiger partial charge in [-0.05, 0) is 42.3 Å². The number of aromatic nitrogens is 3. The van der Waals surface area contributed by atoms with Crippen molar-refractivity contribution in [3.8, 4) is 17.0 Å². The summed E-state index contributed by atoms with van der Waals surface area (Å²) in [6.45, 7) is 0.114. The Morgan fingerprint density at radius 1 is 1.17 bits per heavy atom. The highest BCUT2D eigenvalue weighted by atomic mass is 19.3. The Morgan fingerprint density at radius 3 is 2.79 bits per heavy atom. The summed E-state index contributed by atoms with van der Waals surface area (Å²) in [5.41, 5.74) is 4.69. The Morgan fingerprint density at radius 2 is 2.00 bits per heavy atom. The first kappa shape index (κ1) is 17.6. The first-order valence-electron chi connectivity index (χ1n) is 9.23. The van der Waals surface area contributed by atoms with Gasteiger partial charge in [0.1, 0.15) is 29.9 Å². The monoisotopic (exact) mass is 397 g/mol. The van der Waals surface area contributed by atoms with E-state index in [1.54, 1.807) is 24.3 Å². The van der Waals surface area contributed by atoms with Gasteiger partial charge in [-0.1, -0.05) is 12.1 Å². The van der Waals surface area contributed by atoms with Crippen LogP contribution in [0.1, 0.15) is 27.8 Å². The van der Waals surface area contributed by atoms with Crippen LogP contribution in [0.4, 0.5) is 14.5 Å². The molecule has 1 unspecified atom stereocenters. The Balaban J connectivity index is 1.46. The van der Waals surface area contributed by atoms with Crippen molar-refractivity contribution in [1.29, 1.82) is 0 Å². The lowest BCUT2D eigenvalue weighted by molar-refractivity contribution is 0.0819. The number of benzene rings is 2. The molecule has 2 aromatic carbocycles. The number of aromatic amines is 1. The van der Waals surface area contributed by atoms with Gasteiger partial charge in [-0.3, -0.25) is 4.79 Å². The van der Waals surface area contributed by atoms with E-state index < -0.39 is 19.2 Å². The molecule has 2 N–H and O–H groups in total. The van der Waals surface area contributed by atoms with Crippen molar-refractivity contribution >= 4 is 11.6 Å². The summed E-state index contributed by atoms with van der Waals surface area (Å²) >= 11 is 0. The fraction of sp³-hybridized carbons (Fsp3) is 0.250. The van der Waals surface area contributed by atoms with Crippen LogP contribution in [0.15, 0.2) is 42.5 Å². The third-order valence-corrected chi connectivity index (χ3v) is 5.19. The molecule has 29 heavy (non-hydrogen) atoms. The van der Waals surface area contributed by atoms with Crippen molar-refractivity contribution in [1.82, 2.24) is 20.7 Å². The van der Waals surface area contributed by atoms with Crippen molar-refractivity contribution < 1.29 is 18.3 Å². The van der Waals surface area contributed by atoms with Crippen molar-refractivity contribution in [3.05, 3.63) is 59.3 Å². The zero-order valence-electron chi connectivity index (χ0n) is 15.2. The second-order valence-corrected chi connectivity index (χ2v) is 6.92. The number of ether oxygens (including phenoxy) is 1. The molecule has 1 aromatic heterocycles. The van der Waals surface area contributed by atoms with Gasteiger partial charge in [-0.15, -0.1) is 0 Å². The molecule has 0 saturated carbocycles. The number of nitrogens with one attached hydrogen (secondary N) is 2. The Labute approximate surface area is 164 Å². The molecule has 0 spiro atoms. The summed E-state index contributed by atoms with van der Waals surface area (Å²) in [6, 6.07) is 12.4. The number of hydrogen-bond donors (Lipinski definition) is 2. The van der Waals surface area contributed by atoms with Gasteiger partial charge in [0.05, 0.1) is 11.3 Å². The Bertz CT molecular complexity index is 1070. The van der Waals surface area contributed by atoms with Crippen LogP contribution >= 0.6 is 0 Å². The van der Waals surface area contributed by atoms with Gasteiger partial charge in [-0.25, -0.2) is 8.78 Å². The van der Waals surface area contributed by atoms with Gasteiger partial charge in [0, 0.05) is 12.1 Å². The van der Waals surface area contributed by atoms with E-state index in [4.69, 9.17) is 4.74 Å². The molecule has 1 amide bonds. The van der Waals surface area contributed by atoms with Gasteiger partial charge in [-0.2, -0.15) is 15.4 Å². The smallest absolute Gasteiger partial charge is 0.272 e. The van der Waals surface area contributed by atoms with E-state index in [2.05, 4.69) is 25.6 Å². The first-order valence-corrected chi connectivity index (χ1v) is 9.23. The molecule has 2 aliphatic heterocycles. The molecule has 3 aromatic rings. The topological polar surface area (TPSA) is 83.1 Å². The third kappa shape index (κ3) is 2.98. The maximum absolute atomic E-state index is 12.7. The molecule has 7 nitrogen and oxygen atoms in total. The molecule has 0 fully saturated rings. The van der Waals surface area contributed by atoms with Crippen LogP contribution in [-0.2, 0) is 6.42 Å². The number of H-pyrrole nitrogens is 1. The lowest BCUT2D eigenvalue weighted by Gasteiger charge is -2.35. The number of alkyl halides is 2. The molecule has 0 aliphatic carbocycles. The van der Waals surface area contributed by atoms with Crippen LogP contribution < -0.4 is 15.0 Å². The molecule has 0 saturated heterocycles. The highest BCUT2D eigenvalue weighted by Crippen LogP contribution is 2.41. The summed E-state index contributed by atoms with van der Waals surface area (Å²) in [6.07, 6.45) is -2.11. The molecule has 2 aliphatic rings. The molecular weight excluding hydrogens is 380 g/mol. The van der Waals surface area contributed by atoms with Crippen LogP contribution in [0, 0.1) is 0 Å². The third-order valence-electron chi connectivity index (χ3n) is 5.19. The predicted molar refractivity (Wildman–Crippen MR) is 101 cm³/mol. The van der Waals surface area contributed by atoms with Crippen molar-refractivity contribution in [2.75, 3.05) is 18.1 Å². The minimum atomic E-state index is -2.53. The summed E-state index contributed by atoms with van der Waals surface area (Å²) < 4.78 is 29.6. The second-order valence-electron chi connectivity index (χ2n) is 6.92. The maximum Gasteiger partial charge on any atom is 0.272 e. The minimum absolute atomic E-state index is 0.144. The highest BCUT2D eigenvalue weighted by molar-refractivity contribution is 6.03. The average Bonchev–Trinajstić information content (AvgIpc) is 3.38. The molecular formula is C20H17F2N5O2. The quantitative estimate of drug-likeness (QED) is 0.692. The molecule has 9 heteroatoms. The number of carbonyl (C=O) groups excluding carboxylic acids is 1. The number of nitrogens with zero attached hydrogens (tertiary/aromatic N) is 3. The number of rotatable bonds is 5. The van der Waals surface area contributed by atoms with Gasteiger partial charge < -0.3 is 15.0 Å². The largest absolute Gasteiger partial charge is 0.488 e. The summed E-state index contributed by atoms with van der Waals surface area (Å²) in [5, 5.41) is 14.2. The number of carbonyl (C=O) groups is 1. The molecule has 0 bridgehead atoms. The van der Waals surface area contributed by atoms with Crippen LogP contribution in [-0.4, -0.2) is 40.9 Å². The fourth-order valence-corrected chi connectivity index (χ4v) is 3.93. The van der Waals surface area contributed by atoms with Crippen LogP contribution in [0.5, 0.6) is 5.75 Å². The fourth-order valence-electron chi connectivity index (χ4n) is 3.93. The Kier molecular flexibility index (Phi) is 4.15. The minimum Gasteiger partial charge on any atom is -0.488 e. The van der Waals surface area contributed by atoms with E-state index in [1.807, 2.05) is 18.2 Å². The van der Waals surface area contributed by atoms with Crippen LogP contribution in [0.2, 0.25) is 0 Å². The standard InChI is InChI=1S/C20H17F2N5O2/c21-15(22)10-29-13-6-4-11(5-7-13)16-17(25-26-24-16)19-23-20(28)14-3-1-2-12-8-9-27(19)18(12)14/h1-7,15,19H,8-10H2,(H,23,28)(H,24,25,26). The van der Waals surface area contributed by atoms with Crippen LogP contribution in [0.3, 0.4) is 0 Å². The maximum atomic E-state index is 12.7. The molecule has 3 heterocycles. The van der Waals surface area contributed by atoms with E-state index in [0.29, 0.717) is 22.7 Å². The number of anilines is 1. The lowest BCUT2D eigenvalue weighted by Crippen LogP contribution is -2.45. The zero-order valence-corrected chi connectivity index (χ0v) is 15.2. The SMILES string of the molecule is O=C1NC(c2n[nH]nc2-c2ccc(OCC(F)F)cc2)N2CCc3cccc1c32. The highest BCUT2D eigenvalue weighted by Gasteiger charge is 2.39. The first-order chi connectivity index (χ1) is 14.1. The van der Waals surface area contributed by atoms with Crippen molar-refractivity contribution in [2.45, 2.75) is 19.0 Å². The van der Waals surface area contributed by atoms with Gasteiger partial charge in [0.2, 0.25) is 0 Å². The van der Waals surface area contributed by atoms with E-state index >= 15 is 0 Å². The van der Waals surface area contributed by atoms with E-state index in [9.17, 15) is 13.6 Å². The summed E-state index contributed by atoms with van der Waals surface area (Å²) in [5.74, 6) is 0.206. The number of hydrogen-bond acceptors (Lipinski definition) is 5. The Hall–Kier alpha value is -3.49. The predicted octanol–water partition coefficient (Wildman–Crippen LogP) is 2.92. The van der Waals surface area contributed by atoms with E-state index in [0.717, 1.165) is 29.8 Å². The van der Waals surface area contributed by atoms with Crippen molar-refractivity contribution in [2.24, 2.45) is 0 Å². The summed E-state index contributed by atoms with van der Waals surface area (Å²) in [7, 11) is 0. The van der Waals surface area contributed by atoms with Gasteiger partial charge in [0.15, 0.2) is 0 Å². The normalized spacial score (nSPS) is 17.4. The lowest BCUT2D eigenvalue weighted by atomic mass is 10.0. The van der Waals surface area contributed by atoms with Crippen LogP contribution in [0.25, 0.3) is 11.3 Å².